The summed E-state index contributed by atoms with van der Waals surface area (Å²) in [7, 11) is 0. The van der Waals surface area contributed by atoms with Gasteiger partial charge in [-0.05, 0) is 24.3 Å². The van der Waals surface area contributed by atoms with Gasteiger partial charge in [0.1, 0.15) is 17.3 Å². The molecule has 0 radical (unpaired) electrons. The fourth-order valence-electron chi connectivity index (χ4n) is 2.06. The second-order valence-corrected chi connectivity index (χ2v) is 5.65. The second-order valence-electron chi connectivity index (χ2n) is 4.47. The fourth-order valence-corrected chi connectivity index (χ4v) is 2.64. The lowest BCUT2D eigenvalue weighted by Crippen LogP contribution is -1.92. The van der Waals surface area contributed by atoms with Gasteiger partial charge in [-0.25, -0.2) is 4.39 Å². The molecular formula is C16H10BrClFNO. The van der Waals surface area contributed by atoms with E-state index in [1.807, 2.05) is 24.3 Å². The monoisotopic (exact) mass is 365 g/mol. The van der Waals surface area contributed by atoms with Crippen molar-refractivity contribution < 1.29 is 9.13 Å². The third-order valence-electron chi connectivity index (χ3n) is 2.93. The van der Waals surface area contributed by atoms with E-state index in [1.54, 1.807) is 12.1 Å². The number of hydrogen-bond acceptors (Lipinski definition) is 2. The molecule has 2 nitrogen and oxygen atoms in total. The first kappa shape index (κ1) is 14.3. The van der Waals surface area contributed by atoms with Crippen molar-refractivity contribution in [2.24, 2.45) is 0 Å². The summed E-state index contributed by atoms with van der Waals surface area (Å²) < 4.78 is 19.9. The molecular weight excluding hydrogens is 357 g/mol. The van der Waals surface area contributed by atoms with E-state index in [-0.39, 0.29) is 11.7 Å². The van der Waals surface area contributed by atoms with Gasteiger partial charge in [-0.2, -0.15) is 0 Å². The smallest absolute Gasteiger partial charge is 0.138 e. The number of hydrogen-bond donors (Lipinski definition) is 0. The molecule has 1 heterocycles. The van der Waals surface area contributed by atoms with Crippen LogP contribution < -0.4 is 4.74 Å². The predicted molar refractivity (Wildman–Crippen MR) is 85.5 cm³/mol. The van der Waals surface area contributed by atoms with Gasteiger partial charge in [-0.1, -0.05) is 28.1 Å². The molecule has 2 aromatic carbocycles. The predicted octanol–water partition coefficient (Wildman–Crippen LogP) is 5.67. The van der Waals surface area contributed by atoms with Gasteiger partial charge in [-0.3, -0.25) is 4.98 Å². The highest BCUT2D eigenvalue weighted by molar-refractivity contribution is 9.10. The van der Waals surface area contributed by atoms with Crippen LogP contribution in [0, 0.1) is 5.82 Å². The fraction of sp³-hybridized carbons (Fsp3) is 0.0625. The molecule has 1 aromatic heterocycles. The van der Waals surface area contributed by atoms with Crippen LogP contribution in [0.4, 0.5) is 4.39 Å². The topological polar surface area (TPSA) is 22.1 Å². The van der Waals surface area contributed by atoms with Crippen LogP contribution in [0.5, 0.6) is 11.5 Å². The molecule has 0 unspecified atom stereocenters. The zero-order valence-corrected chi connectivity index (χ0v) is 13.2. The molecule has 0 amide bonds. The summed E-state index contributed by atoms with van der Waals surface area (Å²) in [6.45, 7) is 0. The summed E-state index contributed by atoms with van der Waals surface area (Å²) in [5, 5.41) is 0.853. The first-order valence-electron chi connectivity index (χ1n) is 6.24. The molecule has 5 heteroatoms. The summed E-state index contributed by atoms with van der Waals surface area (Å²) in [4.78, 5) is 4.44. The Bertz CT molecular complexity index is 789. The van der Waals surface area contributed by atoms with E-state index in [0.717, 1.165) is 10.9 Å². The van der Waals surface area contributed by atoms with Crippen LogP contribution in [0.3, 0.4) is 0 Å². The normalized spacial score (nSPS) is 10.8. The van der Waals surface area contributed by atoms with E-state index < -0.39 is 0 Å². The Morgan fingerprint density at radius 2 is 1.95 bits per heavy atom. The second kappa shape index (κ2) is 6.00. The van der Waals surface area contributed by atoms with E-state index in [2.05, 4.69) is 20.9 Å². The number of ether oxygens (including phenoxy) is 1. The Morgan fingerprint density at radius 1 is 1.14 bits per heavy atom. The van der Waals surface area contributed by atoms with Crippen molar-refractivity contribution >= 4 is 38.4 Å². The van der Waals surface area contributed by atoms with E-state index in [9.17, 15) is 4.39 Å². The van der Waals surface area contributed by atoms with Crippen LogP contribution in [0.25, 0.3) is 10.9 Å². The highest BCUT2D eigenvalue weighted by atomic mass is 79.9. The molecule has 0 aliphatic heterocycles. The lowest BCUT2D eigenvalue weighted by Gasteiger charge is -2.10. The minimum absolute atomic E-state index is 0.286. The zero-order valence-electron chi connectivity index (χ0n) is 10.8. The molecule has 0 spiro atoms. The van der Waals surface area contributed by atoms with Crippen molar-refractivity contribution in [1.29, 1.82) is 0 Å². The van der Waals surface area contributed by atoms with Crippen LogP contribution in [-0.2, 0) is 5.88 Å². The molecule has 0 aliphatic rings. The number of benzene rings is 2. The number of nitrogens with zero attached hydrogens (tertiary/aromatic N) is 1. The molecule has 0 saturated heterocycles. The van der Waals surface area contributed by atoms with Gasteiger partial charge < -0.3 is 4.74 Å². The number of aromatic nitrogens is 1. The minimum atomic E-state index is -0.365. The Hall–Kier alpha value is -1.65. The number of rotatable bonds is 3. The van der Waals surface area contributed by atoms with Gasteiger partial charge in [0, 0.05) is 22.0 Å². The molecule has 0 atom stereocenters. The lowest BCUT2D eigenvalue weighted by atomic mass is 10.2. The zero-order chi connectivity index (χ0) is 14.8. The molecule has 0 N–H and O–H groups in total. The van der Waals surface area contributed by atoms with Crippen molar-refractivity contribution in [1.82, 2.24) is 4.98 Å². The first-order chi connectivity index (χ1) is 10.2. The Labute approximate surface area is 134 Å². The number of pyridine rings is 1. The number of alkyl halides is 1. The van der Waals surface area contributed by atoms with Crippen molar-refractivity contribution in [3.8, 4) is 11.5 Å². The maximum atomic E-state index is 13.4. The molecule has 3 aromatic rings. The van der Waals surface area contributed by atoms with Crippen LogP contribution in [0.1, 0.15) is 5.69 Å². The summed E-state index contributed by atoms with van der Waals surface area (Å²) in [6.07, 6.45) is 0. The SMILES string of the molecule is Fc1cc(Br)cc(Oc2cc(CCl)nc3ccccc23)c1. The highest BCUT2D eigenvalue weighted by Gasteiger charge is 2.08. The standard InChI is InChI=1S/C16H10BrClFNO/c17-10-5-11(19)7-13(6-10)21-16-8-12(9-18)20-15-4-2-1-3-14(15)16/h1-8H,9H2. The van der Waals surface area contributed by atoms with Crippen molar-refractivity contribution in [3.63, 3.8) is 0 Å². The number of halogens is 3. The van der Waals surface area contributed by atoms with E-state index in [1.165, 1.54) is 12.1 Å². The van der Waals surface area contributed by atoms with E-state index in [0.29, 0.717) is 21.7 Å². The van der Waals surface area contributed by atoms with E-state index >= 15 is 0 Å². The van der Waals surface area contributed by atoms with Crippen molar-refractivity contribution in [3.05, 3.63) is 64.5 Å². The third-order valence-corrected chi connectivity index (χ3v) is 3.66. The molecule has 3 rings (SSSR count). The van der Waals surface area contributed by atoms with Crippen molar-refractivity contribution in [2.45, 2.75) is 5.88 Å². The molecule has 0 bridgehead atoms. The number of fused-ring (bicyclic) bond motifs is 1. The average Bonchev–Trinajstić information content (AvgIpc) is 2.46. The highest BCUT2D eigenvalue weighted by Crippen LogP contribution is 2.32. The number of para-hydroxylation sites is 1. The Kier molecular flexibility index (Phi) is 4.08. The quantitative estimate of drug-likeness (QED) is 0.557. The van der Waals surface area contributed by atoms with Crippen LogP contribution in [0.15, 0.2) is 53.0 Å². The van der Waals surface area contributed by atoms with Gasteiger partial charge in [0.2, 0.25) is 0 Å². The lowest BCUT2D eigenvalue weighted by molar-refractivity contribution is 0.480. The molecule has 0 aliphatic carbocycles. The van der Waals surface area contributed by atoms with Gasteiger partial charge in [0.15, 0.2) is 0 Å². The third kappa shape index (κ3) is 3.17. The summed E-state index contributed by atoms with van der Waals surface area (Å²) in [5.74, 6) is 0.941. The maximum absolute atomic E-state index is 13.4. The summed E-state index contributed by atoms with van der Waals surface area (Å²) in [6, 6.07) is 13.8. The minimum Gasteiger partial charge on any atom is -0.456 e. The maximum Gasteiger partial charge on any atom is 0.138 e. The van der Waals surface area contributed by atoms with Gasteiger partial charge >= 0.3 is 0 Å². The summed E-state index contributed by atoms with van der Waals surface area (Å²) >= 11 is 9.12. The molecule has 21 heavy (non-hydrogen) atoms. The van der Waals surface area contributed by atoms with Crippen molar-refractivity contribution in [2.75, 3.05) is 0 Å². The van der Waals surface area contributed by atoms with Crippen LogP contribution >= 0.6 is 27.5 Å². The first-order valence-corrected chi connectivity index (χ1v) is 7.57. The van der Waals surface area contributed by atoms with Gasteiger partial charge in [-0.15, -0.1) is 11.6 Å². The van der Waals surface area contributed by atoms with E-state index in [4.69, 9.17) is 16.3 Å². The molecule has 0 saturated carbocycles. The Morgan fingerprint density at radius 3 is 2.71 bits per heavy atom. The van der Waals surface area contributed by atoms with Gasteiger partial charge in [0.25, 0.3) is 0 Å². The summed E-state index contributed by atoms with van der Waals surface area (Å²) in [5.41, 5.74) is 1.50. The van der Waals surface area contributed by atoms with Crippen LogP contribution in [0.2, 0.25) is 0 Å². The van der Waals surface area contributed by atoms with Gasteiger partial charge in [0.05, 0.1) is 17.1 Å². The average molecular weight is 367 g/mol. The molecule has 106 valence electrons. The largest absolute Gasteiger partial charge is 0.456 e. The Balaban J connectivity index is 2.10. The molecule has 0 fully saturated rings. The van der Waals surface area contributed by atoms with Crippen LogP contribution in [-0.4, -0.2) is 4.98 Å².